The smallest absolute Gasteiger partial charge is 0.356 e. The molecule has 0 spiro atoms. The van der Waals surface area contributed by atoms with Crippen LogP contribution in [-0.2, 0) is 4.74 Å². The van der Waals surface area contributed by atoms with Crippen LogP contribution in [0.2, 0.25) is 15.3 Å². The first-order chi connectivity index (χ1) is 12.8. The van der Waals surface area contributed by atoms with Crippen LogP contribution in [0.15, 0.2) is 6.07 Å². The number of hydrogen-bond acceptors (Lipinski definition) is 6. The van der Waals surface area contributed by atoms with Crippen molar-refractivity contribution >= 4 is 52.5 Å². The quantitative estimate of drug-likeness (QED) is 0.569. The van der Waals surface area contributed by atoms with E-state index in [1.165, 1.54) is 13.2 Å². The van der Waals surface area contributed by atoms with Gasteiger partial charge >= 0.3 is 5.97 Å². The summed E-state index contributed by atoms with van der Waals surface area (Å²) in [4.78, 5) is 36.9. The zero-order valence-electron chi connectivity index (χ0n) is 14.5. The molecule has 0 radical (unpaired) electrons. The molecule has 3 heterocycles. The van der Waals surface area contributed by atoms with Crippen molar-refractivity contribution in [2.45, 2.75) is 19.4 Å². The van der Waals surface area contributed by atoms with Gasteiger partial charge in [-0.25, -0.2) is 14.8 Å². The van der Waals surface area contributed by atoms with E-state index in [2.05, 4.69) is 25.0 Å². The van der Waals surface area contributed by atoms with Gasteiger partial charge in [-0.05, 0) is 24.9 Å². The van der Waals surface area contributed by atoms with Crippen molar-refractivity contribution < 1.29 is 14.3 Å². The third-order valence-electron chi connectivity index (χ3n) is 4.21. The lowest BCUT2D eigenvalue weighted by molar-refractivity contribution is 0.0593. The van der Waals surface area contributed by atoms with Crippen molar-refractivity contribution in [2.24, 2.45) is 0 Å². The van der Waals surface area contributed by atoms with Crippen molar-refractivity contribution in [3.8, 4) is 0 Å². The molecule has 0 bridgehead atoms. The summed E-state index contributed by atoms with van der Waals surface area (Å²) >= 11 is 18.0. The molecule has 0 aliphatic carbocycles. The molecule has 1 fully saturated rings. The van der Waals surface area contributed by atoms with E-state index < -0.39 is 5.97 Å². The van der Waals surface area contributed by atoms with Crippen LogP contribution < -0.4 is 10.2 Å². The highest BCUT2D eigenvalue weighted by Crippen LogP contribution is 2.29. The number of anilines is 1. The van der Waals surface area contributed by atoms with Gasteiger partial charge in [-0.15, -0.1) is 0 Å². The van der Waals surface area contributed by atoms with Crippen LogP contribution in [-0.4, -0.2) is 53.1 Å². The minimum absolute atomic E-state index is 0.0522. The second-order valence-corrected chi connectivity index (χ2v) is 7.12. The average Bonchev–Trinajstić information content (AvgIpc) is 3.20. The maximum atomic E-state index is 12.5. The molecule has 1 amide bonds. The highest BCUT2D eigenvalue weighted by atomic mass is 35.5. The fraction of sp³-hybridized carbons (Fsp3) is 0.375. The van der Waals surface area contributed by atoms with E-state index in [9.17, 15) is 9.59 Å². The number of methoxy groups -OCH3 is 1. The zero-order valence-corrected chi connectivity index (χ0v) is 16.7. The predicted octanol–water partition coefficient (Wildman–Crippen LogP) is 2.87. The van der Waals surface area contributed by atoms with E-state index in [4.69, 9.17) is 34.8 Å². The fourth-order valence-electron chi connectivity index (χ4n) is 2.85. The van der Waals surface area contributed by atoms with Gasteiger partial charge in [0.2, 0.25) is 5.28 Å². The normalized spacial score (nSPS) is 16.5. The summed E-state index contributed by atoms with van der Waals surface area (Å²) < 4.78 is 4.66. The molecule has 2 aromatic heterocycles. The van der Waals surface area contributed by atoms with Crippen molar-refractivity contribution in [3.05, 3.63) is 38.5 Å². The van der Waals surface area contributed by atoms with E-state index >= 15 is 0 Å². The molecule has 27 heavy (non-hydrogen) atoms. The minimum Gasteiger partial charge on any atom is -0.464 e. The molecule has 0 aromatic carbocycles. The number of halogens is 3. The van der Waals surface area contributed by atoms with Crippen molar-refractivity contribution in [1.82, 2.24) is 20.3 Å². The molecule has 0 saturated carbocycles. The number of ether oxygens (including phenoxy) is 1. The van der Waals surface area contributed by atoms with Crippen molar-refractivity contribution in [1.29, 1.82) is 0 Å². The van der Waals surface area contributed by atoms with Gasteiger partial charge in [0.05, 0.1) is 17.2 Å². The topological polar surface area (TPSA) is 100 Å². The Morgan fingerprint density at radius 3 is 2.67 bits per heavy atom. The van der Waals surface area contributed by atoms with Crippen LogP contribution in [0.1, 0.15) is 33.1 Å². The van der Waals surface area contributed by atoms with Crippen LogP contribution in [0.4, 0.5) is 5.82 Å². The molecule has 1 aliphatic rings. The number of aromatic amines is 1. The predicted molar refractivity (Wildman–Crippen MR) is 102 cm³/mol. The monoisotopic (exact) mass is 431 g/mol. The lowest BCUT2D eigenvalue weighted by Gasteiger charge is -2.18. The Bertz CT molecular complexity index is 902. The molecular formula is C16H16Cl3N5O3. The molecule has 1 aliphatic heterocycles. The van der Waals surface area contributed by atoms with Gasteiger partial charge in [0.25, 0.3) is 5.91 Å². The Morgan fingerprint density at radius 1 is 1.30 bits per heavy atom. The lowest BCUT2D eigenvalue weighted by Crippen LogP contribution is -2.37. The summed E-state index contributed by atoms with van der Waals surface area (Å²) in [6.45, 7) is 2.85. The van der Waals surface area contributed by atoms with Gasteiger partial charge in [-0.3, -0.25) is 4.79 Å². The first-order valence-electron chi connectivity index (χ1n) is 8.02. The molecule has 2 aromatic rings. The van der Waals surface area contributed by atoms with Gasteiger partial charge in [0, 0.05) is 30.9 Å². The molecule has 2 N–H and O–H groups in total. The van der Waals surface area contributed by atoms with Gasteiger partial charge in [-0.1, -0.05) is 23.2 Å². The molecule has 144 valence electrons. The van der Waals surface area contributed by atoms with Crippen LogP contribution in [0.25, 0.3) is 0 Å². The van der Waals surface area contributed by atoms with Crippen LogP contribution in [0, 0.1) is 6.92 Å². The molecule has 1 atom stereocenters. The first-order valence-corrected chi connectivity index (χ1v) is 9.15. The lowest BCUT2D eigenvalue weighted by atomic mass is 10.2. The van der Waals surface area contributed by atoms with E-state index in [-0.39, 0.29) is 33.6 Å². The number of hydrogen-bond donors (Lipinski definition) is 2. The first kappa shape index (κ1) is 19.7. The molecule has 0 unspecified atom stereocenters. The third kappa shape index (κ3) is 4.12. The van der Waals surface area contributed by atoms with E-state index in [1.54, 1.807) is 6.92 Å². The Kier molecular flexibility index (Phi) is 5.78. The number of amides is 1. The van der Waals surface area contributed by atoms with Gasteiger partial charge in [0.15, 0.2) is 5.69 Å². The maximum absolute atomic E-state index is 12.5. The Hall–Kier alpha value is -2.03. The van der Waals surface area contributed by atoms with E-state index in [0.717, 1.165) is 0 Å². The molecule has 11 heteroatoms. The van der Waals surface area contributed by atoms with E-state index in [0.29, 0.717) is 36.0 Å². The van der Waals surface area contributed by atoms with Gasteiger partial charge in [0.1, 0.15) is 11.5 Å². The molecule has 3 rings (SSSR count). The number of esters is 1. The summed E-state index contributed by atoms with van der Waals surface area (Å²) in [7, 11) is 1.26. The molecular weight excluding hydrogens is 417 g/mol. The summed E-state index contributed by atoms with van der Waals surface area (Å²) in [5, 5.41) is 3.40. The van der Waals surface area contributed by atoms with Crippen molar-refractivity contribution in [2.75, 3.05) is 25.1 Å². The minimum atomic E-state index is -0.599. The van der Waals surface area contributed by atoms with Crippen LogP contribution >= 0.6 is 34.8 Å². The Labute approximate surface area is 170 Å². The Morgan fingerprint density at radius 2 is 2.04 bits per heavy atom. The number of nitrogens with one attached hydrogen (secondary N) is 2. The van der Waals surface area contributed by atoms with Gasteiger partial charge in [-0.2, -0.15) is 0 Å². The number of aryl methyl sites for hydroxylation is 1. The standard InChI is InChI=1S/C16H16Cl3N5O3/c1-7-11(17)12(18)13(20-7)14(25)21-8-3-4-24(6-8)10-5-9(15(26)27-2)22-16(19)23-10/h5,8,20H,3-4,6H2,1-2H3,(H,21,25)/t8-/m1/s1. The molecule has 1 saturated heterocycles. The van der Waals surface area contributed by atoms with E-state index in [1.807, 2.05) is 4.90 Å². The summed E-state index contributed by atoms with van der Waals surface area (Å²) in [5.74, 6) is -0.444. The second kappa shape index (κ2) is 7.92. The maximum Gasteiger partial charge on any atom is 0.356 e. The SMILES string of the molecule is COC(=O)c1cc(N2CC[C@@H](NC(=O)c3[nH]c(C)c(Cl)c3Cl)C2)nc(Cl)n1. The largest absolute Gasteiger partial charge is 0.464 e. The highest BCUT2D eigenvalue weighted by Gasteiger charge is 2.28. The average molecular weight is 433 g/mol. The fourth-order valence-corrected chi connectivity index (χ4v) is 3.44. The second-order valence-electron chi connectivity index (χ2n) is 6.03. The summed E-state index contributed by atoms with van der Waals surface area (Å²) in [6.07, 6.45) is 0.686. The number of carbonyl (C=O) groups is 2. The number of nitrogens with zero attached hydrogens (tertiary/aromatic N) is 3. The molecule has 8 nitrogen and oxygen atoms in total. The van der Waals surface area contributed by atoms with Crippen molar-refractivity contribution in [3.63, 3.8) is 0 Å². The number of H-pyrrole nitrogens is 1. The third-order valence-corrected chi connectivity index (χ3v) is 5.32. The number of rotatable bonds is 4. The van der Waals surface area contributed by atoms with Crippen LogP contribution in [0.3, 0.4) is 0 Å². The summed E-state index contributed by atoms with van der Waals surface area (Å²) in [5.41, 5.74) is 0.935. The number of aromatic nitrogens is 3. The number of carbonyl (C=O) groups excluding carboxylic acids is 2. The summed E-state index contributed by atoms with van der Waals surface area (Å²) in [6, 6.07) is 1.37. The Balaban J connectivity index is 1.70. The van der Waals surface area contributed by atoms with Gasteiger partial charge < -0.3 is 19.9 Å². The zero-order chi connectivity index (χ0) is 19.7. The van der Waals surface area contributed by atoms with Crippen LogP contribution in [0.5, 0.6) is 0 Å². The highest BCUT2D eigenvalue weighted by molar-refractivity contribution is 6.44.